The van der Waals surface area contributed by atoms with Crippen molar-refractivity contribution in [3.8, 4) is 5.75 Å². The number of hydrogen-bond donors (Lipinski definition) is 1. The lowest BCUT2D eigenvalue weighted by Crippen LogP contribution is -2.02. The highest BCUT2D eigenvalue weighted by Gasteiger charge is 2.17. The quantitative estimate of drug-likeness (QED) is 0.664. The lowest BCUT2D eigenvalue weighted by molar-refractivity contribution is -0.390. The molecule has 19 heavy (non-hydrogen) atoms. The average molecular weight is 260 g/mol. The first kappa shape index (κ1) is 12.7. The molecule has 2 aromatic heterocycles. The highest BCUT2D eigenvalue weighted by molar-refractivity contribution is 5.40. The smallest absolute Gasteiger partial charge is 0.406 e. The molecule has 2 N–H and O–H groups in total. The number of nitrogens with two attached hydrogens (primary N) is 1. The molecule has 0 atom stereocenters. The molecule has 0 aromatic carbocycles. The van der Waals surface area contributed by atoms with Crippen LogP contribution in [0.25, 0.3) is 0 Å². The van der Waals surface area contributed by atoms with Gasteiger partial charge in [-0.2, -0.15) is 0 Å². The van der Waals surface area contributed by atoms with Gasteiger partial charge >= 0.3 is 5.82 Å². The van der Waals surface area contributed by atoms with Crippen LogP contribution in [0.4, 0.5) is 11.6 Å². The molecule has 0 saturated heterocycles. The zero-order chi connectivity index (χ0) is 13.8. The van der Waals surface area contributed by atoms with Crippen LogP contribution in [-0.2, 0) is 6.61 Å². The van der Waals surface area contributed by atoms with Crippen LogP contribution < -0.4 is 10.5 Å². The SMILES string of the molecule is Cc1ccc(OCc2ccc(N)nc2)c([N+](=O)[O-])n1. The topological polar surface area (TPSA) is 104 Å². The normalized spacial score (nSPS) is 10.2. The second kappa shape index (κ2) is 5.30. The van der Waals surface area contributed by atoms with E-state index in [0.29, 0.717) is 11.5 Å². The van der Waals surface area contributed by atoms with Crippen molar-refractivity contribution in [3.05, 3.63) is 51.8 Å². The minimum Gasteiger partial charge on any atom is -0.481 e. The number of pyridine rings is 2. The van der Waals surface area contributed by atoms with Gasteiger partial charge in [0.05, 0.1) is 0 Å². The molecule has 0 bridgehead atoms. The summed E-state index contributed by atoms with van der Waals surface area (Å²) in [7, 11) is 0. The van der Waals surface area contributed by atoms with E-state index in [0.717, 1.165) is 5.56 Å². The standard InChI is InChI=1S/C12H12N4O3/c1-8-2-4-10(12(15-8)16(17)18)19-7-9-3-5-11(13)14-6-9/h2-6H,7H2,1H3,(H2,13,14). The first-order valence-electron chi connectivity index (χ1n) is 5.51. The Labute approximate surface area is 109 Å². The molecule has 0 aliphatic rings. The maximum Gasteiger partial charge on any atom is 0.406 e. The first-order chi connectivity index (χ1) is 9.06. The van der Waals surface area contributed by atoms with E-state index in [1.807, 2.05) is 0 Å². The fourth-order valence-electron chi connectivity index (χ4n) is 1.46. The van der Waals surface area contributed by atoms with Crippen LogP contribution in [0.5, 0.6) is 5.75 Å². The van der Waals surface area contributed by atoms with Crippen molar-refractivity contribution < 1.29 is 9.66 Å². The predicted octanol–water partition coefficient (Wildman–Crippen LogP) is 1.85. The molecular formula is C12H12N4O3. The van der Waals surface area contributed by atoms with Gasteiger partial charge in [0.2, 0.25) is 5.75 Å². The fourth-order valence-corrected chi connectivity index (χ4v) is 1.46. The van der Waals surface area contributed by atoms with Gasteiger partial charge in [0, 0.05) is 18.7 Å². The monoisotopic (exact) mass is 260 g/mol. The number of anilines is 1. The number of nitrogen functional groups attached to an aromatic ring is 1. The summed E-state index contributed by atoms with van der Waals surface area (Å²) < 4.78 is 5.39. The Morgan fingerprint density at radius 1 is 1.37 bits per heavy atom. The molecule has 98 valence electrons. The van der Waals surface area contributed by atoms with E-state index < -0.39 is 4.92 Å². The summed E-state index contributed by atoms with van der Waals surface area (Å²) in [6, 6.07) is 6.57. The number of hydrogen-bond acceptors (Lipinski definition) is 6. The molecule has 0 saturated carbocycles. The second-order valence-electron chi connectivity index (χ2n) is 3.91. The summed E-state index contributed by atoms with van der Waals surface area (Å²) in [6.45, 7) is 1.85. The van der Waals surface area contributed by atoms with E-state index in [1.54, 1.807) is 31.3 Å². The van der Waals surface area contributed by atoms with E-state index in [9.17, 15) is 10.1 Å². The summed E-state index contributed by atoms with van der Waals surface area (Å²) in [5.74, 6) is 0.252. The van der Waals surface area contributed by atoms with Gasteiger partial charge in [-0.1, -0.05) is 6.07 Å². The third-order valence-corrected chi connectivity index (χ3v) is 2.39. The van der Waals surface area contributed by atoms with Crippen molar-refractivity contribution in [3.63, 3.8) is 0 Å². The summed E-state index contributed by atoms with van der Waals surface area (Å²) in [5, 5.41) is 10.9. The van der Waals surface area contributed by atoms with Crippen molar-refractivity contribution >= 4 is 11.6 Å². The van der Waals surface area contributed by atoms with Gasteiger partial charge < -0.3 is 20.6 Å². The van der Waals surface area contributed by atoms with Gasteiger partial charge in [0.1, 0.15) is 18.1 Å². The first-order valence-corrected chi connectivity index (χ1v) is 5.51. The van der Waals surface area contributed by atoms with Gasteiger partial charge in [0.25, 0.3) is 0 Å². The van der Waals surface area contributed by atoms with Crippen LogP contribution in [0.3, 0.4) is 0 Å². The van der Waals surface area contributed by atoms with Crippen LogP contribution >= 0.6 is 0 Å². The molecular weight excluding hydrogens is 248 g/mol. The lowest BCUT2D eigenvalue weighted by Gasteiger charge is -2.06. The molecule has 7 heteroatoms. The zero-order valence-corrected chi connectivity index (χ0v) is 10.2. The van der Waals surface area contributed by atoms with Gasteiger partial charge in [-0.05, 0) is 28.1 Å². The molecule has 0 aliphatic carbocycles. The molecule has 0 aliphatic heterocycles. The summed E-state index contributed by atoms with van der Waals surface area (Å²) in [5.41, 5.74) is 6.79. The Hall–Kier alpha value is -2.70. The van der Waals surface area contributed by atoms with Crippen LogP contribution in [0, 0.1) is 17.0 Å². The van der Waals surface area contributed by atoms with E-state index in [2.05, 4.69) is 9.97 Å². The van der Waals surface area contributed by atoms with Crippen LogP contribution in [-0.4, -0.2) is 14.9 Å². The van der Waals surface area contributed by atoms with Crippen LogP contribution in [0.15, 0.2) is 30.5 Å². The number of rotatable bonds is 4. The summed E-state index contributed by atoms with van der Waals surface area (Å²) in [6.07, 6.45) is 1.56. The number of aromatic nitrogens is 2. The molecule has 2 heterocycles. The van der Waals surface area contributed by atoms with Gasteiger partial charge in [-0.25, -0.2) is 4.98 Å². The Balaban J connectivity index is 2.15. The molecule has 0 radical (unpaired) electrons. The van der Waals surface area contributed by atoms with Gasteiger partial charge in [-0.15, -0.1) is 0 Å². The van der Waals surface area contributed by atoms with Gasteiger partial charge in [-0.3, -0.25) is 0 Å². The molecule has 2 aromatic rings. The van der Waals surface area contributed by atoms with Crippen LogP contribution in [0.2, 0.25) is 0 Å². The molecule has 2 rings (SSSR count). The molecule has 0 amide bonds. The third-order valence-electron chi connectivity index (χ3n) is 2.39. The number of ether oxygens (including phenoxy) is 1. The summed E-state index contributed by atoms with van der Waals surface area (Å²) in [4.78, 5) is 18.0. The molecule has 0 spiro atoms. The Morgan fingerprint density at radius 3 is 2.79 bits per heavy atom. The number of aryl methyl sites for hydroxylation is 1. The second-order valence-corrected chi connectivity index (χ2v) is 3.91. The van der Waals surface area contributed by atoms with E-state index in [1.165, 1.54) is 6.07 Å². The maximum absolute atomic E-state index is 10.9. The predicted molar refractivity (Wildman–Crippen MR) is 68.6 cm³/mol. The Morgan fingerprint density at radius 2 is 2.16 bits per heavy atom. The number of nitro groups is 1. The highest BCUT2D eigenvalue weighted by atomic mass is 16.6. The Bertz CT molecular complexity index is 598. The number of nitrogens with zero attached hydrogens (tertiary/aromatic N) is 3. The minimum absolute atomic E-state index is 0.132. The molecule has 0 fully saturated rings. The van der Waals surface area contributed by atoms with Crippen molar-refractivity contribution in [2.45, 2.75) is 13.5 Å². The molecule has 7 nitrogen and oxygen atoms in total. The largest absolute Gasteiger partial charge is 0.481 e. The van der Waals surface area contributed by atoms with Crippen LogP contribution in [0.1, 0.15) is 11.3 Å². The fraction of sp³-hybridized carbons (Fsp3) is 0.167. The zero-order valence-electron chi connectivity index (χ0n) is 10.2. The van der Waals surface area contributed by atoms with Gasteiger partial charge in [0.15, 0.2) is 0 Å². The third kappa shape index (κ3) is 3.15. The lowest BCUT2D eigenvalue weighted by atomic mass is 10.3. The van der Waals surface area contributed by atoms with Crippen molar-refractivity contribution in [2.24, 2.45) is 0 Å². The van der Waals surface area contributed by atoms with Crippen molar-refractivity contribution in [1.82, 2.24) is 9.97 Å². The maximum atomic E-state index is 10.9. The minimum atomic E-state index is -0.566. The van der Waals surface area contributed by atoms with E-state index in [-0.39, 0.29) is 18.2 Å². The van der Waals surface area contributed by atoms with E-state index >= 15 is 0 Å². The average Bonchev–Trinajstić information content (AvgIpc) is 2.39. The molecule has 0 unspecified atom stereocenters. The highest BCUT2D eigenvalue weighted by Crippen LogP contribution is 2.25. The summed E-state index contributed by atoms with van der Waals surface area (Å²) >= 11 is 0. The Kier molecular flexibility index (Phi) is 3.56. The van der Waals surface area contributed by atoms with E-state index in [4.69, 9.17) is 10.5 Å². The van der Waals surface area contributed by atoms with Crippen molar-refractivity contribution in [2.75, 3.05) is 5.73 Å². The van der Waals surface area contributed by atoms with Crippen molar-refractivity contribution in [1.29, 1.82) is 0 Å².